The number of hydrogen-bond acceptors (Lipinski definition) is 50. The predicted octanol–water partition coefficient (Wildman–Crippen LogP) is -21.2. The molecule has 0 bridgehead atoms. The molecule has 0 unspecified atom stereocenters. The van der Waals surface area contributed by atoms with Crippen molar-refractivity contribution < 1.29 is 247 Å². The minimum Gasteiger partial charge on any atom is -0.394 e. The molecule has 54 heteroatoms. The highest BCUT2D eigenvalue weighted by atomic mass is 16.8. The normalized spacial score (nSPS) is 49.7. The van der Waals surface area contributed by atoms with Gasteiger partial charge in [0.2, 0.25) is 23.6 Å². The summed E-state index contributed by atoms with van der Waals surface area (Å²) in [5, 5.41) is 310. The van der Waals surface area contributed by atoms with Crippen molar-refractivity contribution in [1.82, 2.24) is 21.3 Å². The Hall–Kier alpha value is -3.96. The van der Waals surface area contributed by atoms with E-state index in [4.69, 9.17) is 90.0 Å². The van der Waals surface area contributed by atoms with Gasteiger partial charge in [0, 0.05) is 27.7 Å². The molecule has 10 saturated heterocycles. The summed E-state index contributed by atoms with van der Waals surface area (Å²) in [6.07, 6.45) is -94.2. The van der Waals surface area contributed by atoms with E-state index in [0.717, 1.165) is 27.7 Å². The van der Waals surface area contributed by atoms with Gasteiger partial charge in [-0.25, -0.2) is 0 Å². The van der Waals surface area contributed by atoms with Gasteiger partial charge < -0.3 is 249 Å². The topological polar surface area (TPSA) is 838 Å². The van der Waals surface area contributed by atoms with Crippen LogP contribution in [0.25, 0.3) is 0 Å². The van der Waals surface area contributed by atoms with Crippen LogP contribution in [-0.2, 0) is 109 Å². The third-order valence-corrected chi connectivity index (χ3v) is 22.4. The molecule has 54 nitrogen and oxygen atoms in total. The van der Waals surface area contributed by atoms with Gasteiger partial charge in [0.05, 0.1) is 65.6 Å². The van der Waals surface area contributed by atoms with E-state index in [9.17, 15) is 157 Å². The third kappa shape index (κ3) is 21.9. The lowest BCUT2D eigenvalue weighted by Crippen LogP contribution is -2.71. The van der Waals surface area contributed by atoms with Crippen molar-refractivity contribution in [3.05, 3.63) is 0 Å². The minimum atomic E-state index is -2.56. The van der Waals surface area contributed by atoms with Crippen molar-refractivity contribution >= 4 is 23.6 Å². The summed E-state index contributed by atoms with van der Waals surface area (Å²) in [4.78, 5) is 51.9. The van der Waals surface area contributed by atoms with Crippen molar-refractivity contribution in [1.29, 1.82) is 0 Å². The first-order valence-corrected chi connectivity index (χ1v) is 39.0. The molecule has 4 amide bonds. The Kier molecular flexibility index (Phi) is 35.8. The zero-order valence-corrected chi connectivity index (χ0v) is 65.7. The maximum absolute atomic E-state index is 13.3. The highest BCUT2D eigenvalue weighted by Gasteiger charge is 2.62. The van der Waals surface area contributed by atoms with E-state index in [2.05, 4.69) is 21.3 Å². The van der Waals surface area contributed by atoms with Crippen LogP contribution in [0, 0.1) is 0 Å². The number of carbonyl (C=O) groups is 4. The zero-order chi connectivity index (χ0) is 89.8. The summed E-state index contributed by atoms with van der Waals surface area (Å²) in [7, 11) is 0. The quantitative estimate of drug-likeness (QED) is 0.0306. The molecule has 31 N–H and O–H groups in total. The number of ether oxygens (including phenoxy) is 19. The maximum atomic E-state index is 13.3. The van der Waals surface area contributed by atoms with Crippen molar-refractivity contribution in [3.8, 4) is 0 Å². The van der Waals surface area contributed by atoms with Crippen LogP contribution in [0.4, 0.5) is 0 Å². The van der Waals surface area contributed by atoms with Gasteiger partial charge >= 0.3 is 0 Å². The average Bonchev–Trinajstić information content (AvgIpc) is 0.773. The molecular formula is C68H114N4O50. The molecule has 50 atom stereocenters. The predicted molar refractivity (Wildman–Crippen MR) is 375 cm³/mol. The van der Waals surface area contributed by atoms with Crippen LogP contribution in [0.1, 0.15) is 34.6 Å². The molecule has 0 aromatic rings. The van der Waals surface area contributed by atoms with Crippen molar-refractivity contribution in [3.63, 3.8) is 0 Å². The lowest BCUT2D eigenvalue weighted by molar-refractivity contribution is -0.392. The van der Waals surface area contributed by atoms with Gasteiger partial charge in [0.1, 0.15) is 238 Å². The molecule has 0 spiro atoms. The third-order valence-electron chi connectivity index (χ3n) is 22.4. The summed E-state index contributed by atoms with van der Waals surface area (Å²) in [5.41, 5.74) is 0. The molecule has 706 valence electrons. The molecule has 0 aliphatic carbocycles. The molecule has 10 aliphatic rings. The lowest BCUT2D eigenvalue weighted by Gasteiger charge is -2.51. The number of aliphatic hydroxyl groups is 27. The Balaban J connectivity index is 0.951. The fourth-order valence-electron chi connectivity index (χ4n) is 15.9. The molecule has 10 aliphatic heterocycles. The van der Waals surface area contributed by atoms with Crippen molar-refractivity contribution in [2.75, 3.05) is 59.5 Å². The fraction of sp³-hybridized carbons (Fsp3) is 0.941. The van der Waals surface area contributed by atoms with E-state index in [1.165, 1.54) is 6.92 Å². The minimum absolute atomic E-state index is 0.819. The van der Waals surface area contributed by atoms with Crippen LogP contribution < -0.4 is 21.3 Å². The fourth-order valence-corrected chi connectivity index (χ4v) is 15.9. The lowest BCUT2D eigenvalue weighted by atomic mass is 9.93. The second-order valence-electron chi connectivity index (χ2n) is 31.0. The zero-order valence-electron chi connectivity index (χ0n) is 65.7. The average molecular weight is 1790 g/mol. The van der Waals surface area contributed by atoms with Gasteiger partial charge in [-0.05, 0) is 6.92 Å². The second-order valence-corrected chi connectivity index (χ2v) is 31.0. The molecule has 0 aromatic carbocycles. The van der Waals surface area contributed by atoms with Crippen LogP contribution in [0.5, 0.6) is 0 Å². The molecule has 10 heterocycles. The standard InChI is InChI=1S/C68H114N4O50/c1-15-33(85)43(95)47(99)64(105-15)122-58-44(96)35(87)21(7-74)110-68(58)118-53-25(11-78)111-60(30(40(53)92)70-17(3)82)104-14-28-38(90)57(121-63-32(72-19(5)84)41(93)51(26(12-79)113-63)115-65-48(100)55(36(88)22(8-75)108-65)119-61-29(69-16(2)81)39(91)34(86)20(6-73)107-61)50(102)67(114-28)116-52-27(13-80)112-62(31(42(52)94)71-18(4)83)120-56-37(89)23(9-76)109-66(49(56)101)117-54-24(10-77)106-59(103)46(98)45(54)97/h15,20-68,73-80,85-103H,6-14H2,1-5H3,(H,69,81)(H,70,82)(H,71,83)(H,72,84)/t15-,20+,21+,22+,23+,24+,25+,26+,27+,28+,29+,30+,31+,32+,33+,34-,35-,36-,37-,38-,39+,40+,41+,42+,43+,44-,45+,46+,47-,48+,49+,50+,51+,52+,53+,54+,55-,56-,57-,58+,59+,60+,61+,62-,63-,64-,65-,66-,67-,68-/m0/s1. The Bertz CT molecular complexity index is 3290. The van der Waals surface area contributed by atoms with Crippen LogP contribution in [0.3, 0.4) is 0 Å². The van der Waals surface area contributed by atoms with Gasteiger partial charge in [-0.2, -0.15) is 0 Å². The summed E-state index contributed by atoms with van der Waals surface area (Å²) < 4.78 is 112. The Labute approximate surface area is 691 Å². The molecule has 0 aromatic heterocycles. The summed E-state index contributed by atoms with van der Waals surface area (Å²) >= 11 is 0. The number of rotatable bonds is 31. The molecular weight excluding hydrogens is 1670 g/mol. The Morgan fingerprint density at radius 2 is 0.492 bits per heavy atom. The molecule has 0 saturated carbocycles. The maximum Gasteiger partial charge on any atom is 0.217 e. The SMILES string of the molecule is CC(=O)N[C@H]1[C@H](O[C@H]2[C@@H](O)[C@@H](CO)O[C@@H](O[C@H]3[C@H](O)[C@@H](O)[C@H](O)O[C@@H]3CO)[C@@H]2O)O[C@H](CO)[C@@H](O[C@@H]2O[C@H](CO[C@@H]3O[C@H](CO)[C@@H](O[C@@H]4O[C@H](CO)[C@H](O)[C@H](O)[C@H]4O[C@@H]4O[C@@H](C)[C@@H](O)[C@@H](O)[C@@H]4O)[C@H](O)[C@H]3NC(C)=O)[C@H](O)[C@H](O[C@@H]3O[C@H](CO)[C@@H](O[C@@H]4O[C@H](CO)[C@H](O)[C@H](O[C@H]5O[C@H](CO)[C@H](O)[C@H](O)[C@H]5NC(C)=O)[C@H]4O)[C@H](O)[C@H]3NC(C)=O)[C@H]2O)[C@@H]1O. The molecule has 0 radical (unpaired) electrons. The smallest absolute Gasteiger partial charge is 0.217 e. The molecule has 10 fully saturated rings. The largest absolute Gasteiger partial charge is 0.394 e. The Morgan fingerprint density at radius 1 is 0.230 bits per heavy atom. The highest BCUT2D eigenvalue weighted by Crippen LogP contribution is 2.41. The van der Waals surface area contributed by atoms with E-state index >= 15 is 0 Å². The highest BCUT2D eigenvalue weighted by molar-refractivity contribution is 5.74. The van der Waals surface area contributed by atoms with Gasteiger partial charge in [-0.1, -0.05) is 0 Å². The first-order chi connectivity index (χ1) is 57.7. The van der Waals surface area contributed by atoms with E-state index < -0.39 is 390 Å². The second kappa shape index (κ2) is 43.6. The molecule has 122 heavy (non-hydrogen) atoms. The summed E-state index contributed by atoms with van der Waals surface area (Å²) in [6.45, 7) is -4.95. The van der Waals surface area contributed by atoms with Crippen molar-refractivity contribution in [2.45, 2.75) is 341 Å². The van der Waals surface area contributed by atoms with E-state index in [-0.39, 0.29) is 0 Å². The van der Waals surface area contributed by atoms with E-state index in [1.807, 2.05) is 0 Å². The van der Waals surface area contributed by atoms with Crippen LogP contribution in [0.2, 0.25) is 0 Å². The number of hydrogen-bond donors (Lipinski definition) is 31. The van der Waals surface area contributed by atoms with Gasteiger partial charge in [0.15, 0.2) is 62.9 Å². The first kappa shape index (κ1) is 100. The van der Waals surface area contributed by atoms with Gasteiger partial charge in [0.25, 0.3) is 0 Å². The number of amides is 4. The number of carbonyl (C=O) groups excluding carboxylic acids is 4. The van der Waals surface area contributed by atoms with E-state index in [1.54, 1.807) is 0 Å². The van der Waals surface area contributed by atoms with Crippen molar-refractivity contribution in [2.24, 2.45) is 0 Å². The van der Waals surface area contributed by atoms with Crippen LogP contribution >= 0.6 is 0 Å². The van der Waals surface area contributed by atoms with Crippen LogP contribution in [-0.4, -0.2) is 528 Å². The van der Waals surface area contributed by atoms with Gasteiger partial charge in [-0.3, -0.25) is 19.2 Å². The molecule has 10 rings (SSSR count). The monoisotopic (exact) mass is 1790 g/mol. The first-order valence-electron chi connectivity index (χ1n) is 39.0. The Morgan fingerprint density at radius 3 is 0.877 bits per heavy atom. The van der Waals surface area contributed by atoms with Gasteiger partial charge in [-0.15, -0.1) is 0 Å². The number of aliphatic hydroxyl groups excluding tert-OH is 27. The number of nitrogens with one attached hydrogen (secondary N) is 4. The van der Waals surface area contributed by atoms with Crippen LogP contribution in [0.15, 0.2) is 0 Å². The summed E-state index contributed by atoms with van der Waals surface area (Å²) in [5.74, 6) is -3.79. The van der Waals surface area contributed by atoms with E-state index in [0.29, 0.717) is 0 Å². The summed E-state index contributed by atoms with van der Waals surface area (Å²) in [6, 6.07) is -7.70.